The maximum atomic E-state index is 12.9. The monoisotopic (exact) mass is 374 g/mol. The molecule has 0 saturated carbocycles. The lowest BCUT2D eigenvalue weighted by molar-refractivity contribution is 0.0996. The van der Waals surface area contributed by atoms with Crippen molar-refractivity contribution in [2.75, 3.05) is 10.0 Å². The standard InChI is InChI=1S/C18H15FN2O4S/c1-12-10-11-25-17(12)18(22)20-14-4-6-15(7-5-14)21-26(23,24)16-8-2-13(19)3-9-16/h2-11,21H,1H3,(H,20,22). The Morgan fingerprint density at radius 3 is 2.15 bits per heavy atom. The molecule has 0 aliphatic carbocycles. The van der Waals surface area contributed by atoms with Crippen LogP contribution in [0.25, 0.3) is 0 Å². The van der Waals surface area contributed by atoms with Gasteiger partial charge in [-0.05, 0) is 61.5 Å². The van der Waals surface area contributed by atoms with E-state index in [4.69, 9.17) is 4.42 Å². The van der Waals surface area contributed by atoms with Crippen molar-refractivity contribution in [2.45, 2.75) is 11.8 Å². The highest BCUT2D eigenvalue weighted by Gasteiger charge is 2.15. The van der Waals surface area contributed by atoms with Crippen molar-refractivity contribution in [1.82, 2.24) is 0 Å². The number of rotatable bonds is 5. The quantitative estimate of drug-likeness (QED) is 0.711. The summed E-state index contributed by atoms with van der Waals surface area (Å²) in [6, 6.07) is 12.3. The predicted molar refractivity (Wildman–Crippen MR) is 95.0 cm³/mol. The van der Waals surface area contributed by atoms with Gasteiger partial charge in [0, 0.05) is 16.9 Å². The Bertz CT molecular complexity index is 1030. The van der Waals surface area contributed by atoms with Crippen LogP contribution >= 0.6 is 0 Å². The van der Waals surface area contributed by atoms with Gasteiger partial charge in [0.1, 0.15) is 5.82 Å². The van der Waals surface area contributed by atoms with Crippen LogP contribution in [0.2, 0.25) is 0 Å². The van der Waals surface area contributed by atoms with Crippen LogP contribution < -0.4 is 10.0 Å². The van der Waals surface area contributed by atoms with E-state index in [2.05, 4.69) is 10.0 Å². The zero-order valence-electron chi connectivity index (χ0n) is 13.7. The summed E-state index contributed by atoms with van der Waals surface area (Å²) in [5.74, 6) is -0.700. The van der Waals surface area contributed by atoms with Gasteiger partial charge in [0.05, 0.1) is 11.2 Å². The van der Waals surface area contributed by atoms with Crippen molar-refractivity contribution < 1.29 is 22.0 Å². The number of benzene rings is 2. The van der Waals surface area contributed by atoms with E-state index in [-0.39, 0.29) is 10.7 Å². The van der Waals surface area contributed by atoms with E-state index in [1.54, 1.807) is 25.1 Å². The highest BCUT2D eigenvalue weighted by Crippen LogP contribution is 2.19. The van der Waals surface area contributed by atoms with Crippen molar-refractivity contribution in [3.63, 3.8) is 0 Å². The fourth-order valence-corrected chi connectivity index (χ4v) is 3.30. The molecule has 0 saturated heterocycles. The van der Waals surface area contributed by atoms with E-state index >= 15 is 0 Å². The number of sulfonamides is 1. The molecule has 0 atom stereocenters. The molecule has 0 aliphatic rings. The summed E-state index contributed by atoms with van der Waals surface area (Å²) in [6.07, 6.45) is 1.43. The number of amides is 1. The lowest BCUT2D eigenvalue weighted by Crippen LogP contribution is -2.14. The number of hydrogen-bond donors (Lipinski definition) is 2. The molecule has 0 aliphatic heterocycles. The zero-order valence-corrected chi connectivity index (χ0v) is 14.5. The van der Waals surface area contributed by atoms with E-state index < -0.39 is 21.7 Å². The van der Waals surface area contributed by atoms with Crippen LogP contribution in [-0.4, -0.2) is 14.3 Å². The fourth-order valence-electron chi connectivity index (χ4n) is 2.24. The number of aryl methyl sites for hydroxylation is 1. The molecule has 2 aromatic carbocycles. The highest BCUT2D eigenvalue weighted by molar-refractivity contribution is 7.92. The molecule has 3 rings (SSSR count). The van der Waals surface area contributed by atoms with Gasteiger partial charge in [-0.15, -0.1) is 0 Å². The van der Waals surface area contributed by atoms with Crippen molar-refractivity contribution >= 4 is 27.3 Å². The average molecular weight is 374 g/mol. The minimum Gasteiger partial charge on any atom is -0.459 e. The first-order valence-electron chi connectivity index (χ1n) is 7.59. The number of nitrogens with one attached hydrogen (secondary N) is 2. The lowest BCUT2D eigenvalue weighted by Gasteiger charge is -2.09. The molecule has 8 heteroatoms. The second-order valence-corrected chi connectivity index (χ2v) is 7.21. The fraction of sp³-hybridized carbons (Fsp3) is 0.0556. The van der Waals surface area contributed by atoms with Crippen molar-refractivity contribution in [1.29, 1.82) is 0 Å². The van der Waals surface area contributed by atoms with Crippen molar-refractivity contribution in [3.05, 3.63) is 78.0 Å². The molecule has 134 valence electrons. The van der Waals surface area contributed by atoms with Gasteiger partial charge >= 0.3 is 0 Å². The summed E-state index contributed by atoms with van der Waals surface area (Å²) in [4.78, 5) is 12.0. The Hall–Kier alpha value is -3.13. The minimum atomic E-state index is -3.83. The third kappa shape index (κ3) is 3.92. The van der Waals surface area contributed by atoms with Crippen LogP contribution in [0.1, 0.15) is 16.1 Å². The van der Waals surface area contributed by atoms with Crippen LogP contribution in [0.15, 0.2) is 70.2 Å². The molecule has 26 heavy (non-hydrogen) atoms. The number of anilines is 2. The van der Waals surface area contributed by atoms with Crippen molar-refractivity contribution in [2.24, 2.45) is 0 Å². The van der Waals surface area contributed by atoms with E-state index in [0.717, 1.165) is 12.1 Å². The number of hydrogen-bond acceptors (Lipinski definition) is 4. The molecule has 3 aromatic rings. The van der Waals surface area contributed by atoms with Gasteiger partial charge in [-0.25, -0.2) is 12.8 Å². The molecular weight excluding hydrogens is 359 g/mol. The third-order valence-electron chi connectivity index (χ3n) is 3.59. The number of carbonyl (C=O) groups is 1. The first kappa shape index (κ1) is 17.7. The molecule has 6 nitrogen and oxygen atoms in total. The molecular formula is C18H15FN2O4S. The number of carbonyl (C=O) groups excluding carboxylic acids is 1. The Morgan fingerprint density at radius 1 is 0.962 bits per heavy atom. The van der Waals surface area contributed by atoms with Crippen LogP contribution in [0.5, 0.6) is 0 Å². The lowest BCUT2D eigenvalue weighted by atomic mass is 10.2. The maximum Gasteiger partial charge on any atom is 0.291 e. The summed E-state index contributed by atoms with van der Waals surface area (Å²) < 4.78 is 44.9. The van der Waals surface area contributed by atoms with Gasteiger partial charge in [-0.3, -0.25) is 9.52 Å². The highest BCUT2D eigenvalue weighted by atomic mass is 32.2. The Labute approximate surface area is 149 Å². The van der Waals surface area contributed by atoms with E-state index in [0.29, 0.717) is 16.9 Å². The van der Waals surface area contributed by atoms with Crippen LogP contribution in [0.3, 0.4) is 0 Å². The third-order valence-corrected chi connectivity index (χ3v) is 4.98. The molecule has 0 spiro atoms. The predicted octanol–water partition coefficient (Wildman–Crippen LogP) is 3.78. The average Bonchev–Trinajstić information content (AvgIpc) is 3.03. The SMILES string of the molecule is Cc1ccoc1C(=O)Nc1ccc(NS(=O)(=O)c2ccc(F)cc2)cc1. The van der Waals surface area contributed by atoms with Crippen LogP contribution in [0.4, 0.5) is 15.8 Å². The van der Waals surface area contributed by atoms with Gasteiger partial charge in [-0.1, -0.05) is 0 Å². The molecule has 0 fully saturated rings. The van der Waals surface area contributed by atoms with Crippen molar-refractivity contribution in [3.8, 4) is 0 Å². The van der Waals surface area contributed by atoms with Crippen LogP contribution in [-0.2, 0) is 10.0 Å². The summed E-state index contributed by atoms with van der Waals surface area (Å²) in [6.45, 7) is 1.76. The first-order chi connectivity index (χ1) is 12.3. The van der Waals surface area contributed by atoms with Gasteiger partial charge in [-0.2, -0.15) is 0 Å². The normalized spacial score (nSPS) is 11.2. The molecule has 0 radical (unpaired) electrons. The zero-order chi connectivity index (χ0) is 18.7. The molecule has 2 N–H and O–H groups in total. The van der Waals surface area contributed by atoms with E-state index in [1.165, 1.54) is 30.5 Å². The molecule has 0 bridgehead atoms. The number of furan rings is 1. The maximum absolute atomic E-state index is 12.9. The van der Waals surface area contributed by atoms with Gasteiger partial charge < -0.3 is 9.73 Å². The largest absolute Gasteiger partial charge is 0.459 e. The van der Waals surface area contributed by atoms with Gasteiger partial charge in [0.15, 0.2) is 5.76 Å². The Balaban J connectivity index is 1.70. The molecule has 0 unspecified atom stereocenters. The number of halogens is 1. The Morgan fingerprint density at radius 2 is 1.58 bits per heavy atom. The van der Waals surface area contributed by atoms with E-state index in [9.17, 15) is 17.6 Å². The van der Waals surface area contributed by atoms with E-state index in [1.807, 2.05) is 0 Å². The summed E-state index contributed by atoms with van der Waals surface area (Å²) in [5.41, 5.74) is 1.50. The molecule has 1 heterocycles. The molecule has 1 aromatic heterocycles. The Kier molecular flexibility index (Phi) is 4.77. The first-order valence-corrected chi connectivity index (χ1v) is 9.07. The van der Waals surface area contributed by atoms with Gasteiger partial charge in [0.25, 0.3) is 15.9 Å². The van der Waals surface area contributed by atoms with Crippen LogP contribution in [0, 0.1) is 12.7 Å². The summed E-state index contributed by atoms with van der Waals surface area (Å²) >= 11 is 0. The second kappa shape index (κ2) is 7.01. The second-order valence-electron chi connectivity index (χ2n) is 5.52. The van der Waals surface area contributed by atoms with Gasteiger partial charge in [0.2, 0.25) is 0 Å². The molecule has 1 amide bonds. The smallest absolute Gasteiger partial charge is 0.291 e. The topological polar surface area (TPSA) is 88.4 Å². The minimum absolute atomic E-state index is 0.0513. The summed E-state index contributed by atoms with van der Waals surface area (Å²) in [7, 11) is -3.83. The summed E-state index contributed by atoms with van der Waals surface area (Å²) in [5, 5.41) is 2.66.